The number of amides is 2. The lowest BCUT2D eigenvalue weighted by atomic mass is 10.2. The van der Waals surface area contributed by atoms with Gasteiger partial charge in [0, 0.05) is 26.8 Å². The Morgan fingerprint density at radius 3 is 2.38 bits per heavy atom. The van der Waals surface area contributed by atoms with Crippen LogP contribution in [0.1, 0.15) is 26.3 Å². The van der Waals surface area contributed by atoms with Crippen LogP contribution < -0.4 is 9.03 Å². The Hall–Kier alpha value is -3.28. The molecule has 12 heteroatoms. The van der Waals surface area contributed by atoms with E-state index in [1.165, 1.54) is 29.0 Å². The minimum absolute atomic E-state index is 0.00224. The summed E-state index contributed by atoms with van der Waals surface area (Å²) in [7, 11) is -1.22. The smallest absolute Gasteiger partial charge is 0.422 e. The minimum atomic E-state index is -4.33. The molecule has 0 bridgehead atoms. The van der Waals surface area contributed by atoms with Crippen LogP contribution in [0.15, 0.2) is 42.7 Å². The van der Waals surface area contributed by atoms with Crippen LogP contribution in [-0.4, -0.2) is 61.0 Å². The number of carbonyl (C=O) groups excluding carboxylic acids is 2. The molecule has 0 saturated heterocycles. The third kappa shape index (κ3) is 7.76. The van der Waals surface area contributed by atoms with E-state index < -0.39 is 28.0 Å². The van der Waals surface area contributed by atoms with Gasteiger partial charge >= 0.3 is 22.4 Å². The fourth-order valence-corrected chi connectivity index (χ4v) is 3.60. The van der Waals surface area contributed by atoms with Crippen molar-refractivity contribution >= 4 is 28.1 Å². The number of nitrogens with one attached hydrogen (secondary N) is 1. The lowest BCUT2D eigenvalue weighted by Gasteiger charge is -2.26. The number of carbonyl (C=O) groups is 2. The maximum absolute atomic E-state index is 12.9. The summed E-state index contributed by atoms with van der Waals surface area (Å²) in [4.78, 5) is 25.6. The highest BCUT2D eigenvalue weighted by Crippen LogP contribution is 2.17. The first-order valence-electron chi connectivity index (χ1n) is 9.81. The van der Waals surface area contributed by atoms with Crippen molar-refractivity contribution in [3.05, 3.63) is 48.3 Å². The molecule has 0 aliphatic heterocycles. The quantitative estimate of drug-likeness (QED) is 0.632. The summed E-state index contributed by atoms with van der Waals surface area (Å²) in [5.74, 6) is 0. The molecule has 1 aromatic heterocycles. The van der Waals surface area contributed by atoms with Crippen molar-refractivity contribution in [3.8, 4) is 0 Å². The number of likely N-dealkylation sites (N-methyl/N-ethyl adjacent to an activating group) is 1. The molecule has 1 N–H and O–H groups in total. The average Bonchev–Trinajstić information content (AvgIpc) is 3.10. The van der Waals surface area contributed by atoms with Gasteiger partial charge in [-0.2, -0.15) is 13.5 Å². The molecule has 176 valence electrons. The van der Waals surface area contributed by atoms with Gasteiger partial charge in [0.1, 0.15) is 12.2 Å². The normalized spacial score (nSPS) is 11.5. The van der Waals surface area contributed by atoms with Crippen molar-refractivity contribution in [1.29, 1.82) is 0 Å². The topological polar surface area (TPSA) is 123 Å². The van der Waals surface area contributed by atoms with E-state index in [0.29, 0.717) is 0 Å². The third-order valence-electron chi connectivity index (χ3n) is 4.04. The molecule has 0 aliphatic rings. The largest absolute Gasteiger partial charge is 0.445 e. The Balaban J connectivity index is 2.05. The first-order valence-corrected chi connectivity index (χ1v) is 11.3. The molecule has 2 aromatic rings. The number of benzene rings is 1. The van der Waals surface area contributed by atoms with Crippen LogP contribution in [0, 0.1) is 0 Å². The Bertz CT molecular complexity index is 1020. The van der Waals surface area contributed by atoms with Crippen LogP contribution in [0.3, 0.4) is 0 Å². The second-order valence-electron chi connectivity index (χ2n) is 8.02. The molecule has 0 atom stereocenters. The average molecular weight is 468 g/mol. The van der Waals surface area contributed by atoms with Crippen LogP contribution in [-0.2, 0) is 33.3 Å². The second-order valence-corrected chi connectivity index (χ2v) is 9.61. The van der Waals surface area contributed by atoms with Crippen LogP contribution in [0.5, 0.6) is 0 Å². The molecule has 32 heavy (non-hydrogen) atoms. The van der Waals surface area contributed by atoms with Crippen molar-refractivity contribution in [1.82, 2.24) is 19.4 Å². The zero-order chi connectivity index (χ0) is 23.9. The molecule has 0 fully saturated rings. The van der Waals surface area contributed by atoms with E-state index in [4.69, 9.17) is 9.47 Å². The Kier molecular flexibility index (Phi) is 8.08. The van der Waals surface area contributed by atoms with Crippen LogP contribution >= 0.6 is 0 Å². The van der Waals surface area contributed by atoms with Gasteiger partial charge in [0.25, 0.3) is 0 Å². The molecular weight excluding hydrogens is 438 g/mol. The van der Waals surface area contributed by atoms with Gasteiger partial charge in [-0.05, 0) is 26.3 Å². The fraction of sp³-hybridized carbons (Fsp3) is 0.450. The van der Waals surface area contributed by atoms with Gasteiger partial charge in [-0.15, -0.1) is 0 Å². The maximum Gasteiger partial charge on any atom is 0.422 e. The number of hydrogen-bond acceptors (Lipinski definition) is 7. The molecule has 1 aromatic carbocycles. The van der Waals surface area contributed by atoms with Gasteiger partial charge in [-0.1, -0.05) is 30.3 Å². The van der Waals surface area contributed by atoms with E-state index in [1.807, 2.05) is 35.1 Å². The summed E-state index contributed by atoms with van der Waals surface area (Å²) in [5.41, 5.74) is 0.173. The van der Waals surface area contributed by atoms with E-state index in [9.17, 15) is 18.0 Å². The van der Waals surface area contributed by atoms with Crippen molar-refractivity contribution in [2.75, 3.05) is 24.4 Å². The summed E-state index contributed by atoms with van der Waals surface area (Å²) in [5, 5.41) is 3.98. The Labute approximate surface area is 188 Å². The monoisotopic (exact) mass is 467 g/mol. The molecule has 2 rings (SSSR count). The van der Waals surface area contributed by atoms with Gasteiger partial charge in [0.05, 0.1) is 18.4 Å². The Morgan fingerprint density at radius 2 is 1.81 bits per heavy atom. The number of aryl methyl sites for hydroxylation is 1. The van der Waals surface area contributed by atoms with Crippen molar-refractivity contribution in [2.24, 2.45) is 7.05 Å². The molecule has 11 nitrogen and oxygen atoms in total. The highest BCUT2D eigenvalue weighted by atomic mass is 32.2. The highest BCUT2D eigenvalue weighted by Gasteiger charge is 2.29. The minimum Gasteiger partial charge on any atom is -0.445 e. The zero-order valence-electron chi connectivity index (χ0n) is 18.8. The van der Waals surface area contributed by atoms with Gasteiger partial charge in [0.2, 0.25) is 0 Å². The summed E-state index contributed by atoms with van der Waals surface area (Å²) < 4.78 is 40.3. The van der Waals surface area contributed by atoms with Crippen LogP contribution in [0.2, 0.25) is 0 Å². The van der Waals surface area contributed by atoms with E-state index in [0.717, 1.165) is 9.87 Å². The van der Waals surface area contributed by atoms with E-state index in [1.54, 1.807) is 27.8 Å². The fourth-order valence-electron chi connectivity index (χ4n) is 2.55. The van der Waals surface area contributed by atoms with Crippen molar-refractivity contribution in [2.45, 2.75) is 33.0 Å². The standard InChI is InChI=1S/C20H29N5O6S/c1-20(2,3)31-18(26)22-32(28,29)25(17-13-21-24(5)14-17)12-11-23(4)19(27)30-15-16-9-7-6-8-10-16/h6-10,13-14H,11-12,15H2,1-5H3,(H,22,26). The molecule has 0 saturated carbocycles. The molecule has 0 unspecified atom stereocenters. The first-order chi connectivity index (χ1) is 14.9. The predicted octanol–water partition coefficient (Wildman–Crippen LogP) is 2.26. The van der Waals surface area contributed by atoms with E-state index >= 15 is 0 Å². The van der Waals surface area contributed by atoms with Crippen LogP contribution in [0.25, 0.3) is 0 Å². The molecule has 1 heterocycles. The van der Waals surface area contributed by atoms with Gasteiger partial charge in [0.15, 0.2) is 0 Å². The molecule has 0 spiro atoms. The number of anilines is 1. The number of nitrogens with zero attached hydrogens (tertiary/aromatic N) is 4. The Morgan fingerprint density at radius 1 is 1.16 bits per heavy atom. The van der Waals surface area contributed by atoms with Gasteiger partial charge in [-0.25, -0.2) is 18.6 Å². The molecular formula is C20H29N5O6S. The van der Waals surface area contributed by atoms with Gasteiger partial charge < -0.3 is 14.4 Å². The lowest BCUT2D eigenvalue weighted by molar-refractivity contribution is 0.0569. The predicted molar refractivity (Wildman–Crippen MR) is 118 cm³/mol. The SMILES string of the molecule is CN(CCN(c1cnn(C)c1)S(=O)(=O)NC(=O)OC(C)(C)C)C(=O)OCc1ccccc1. The third-order valence-corrected chi connectivity index (χ3v) is 5.43. The number of rotatable bonds is 8. The summed E-state index contributed by atoms with van der Waals surface area (Å²) >= 11 is 0. The number of aromatic nitrogens is 2. The van der Waals surface area contributed by atoms with Crippen molar-refractivity contribution in [3.63, 3.8) is 0 Å². The van der Waals surface area contributed by atoms with Gasteiger partial charge in [-0.3, -0.25) is 4.68 Å². The zero-order valence-corrected chi connectivity index (χ0v) is 19.6. The lowest BCUT2D eigenvalue weighted by Crippen LogP contribution is -2.48. The molecule has 2 amide bonds. The van der Waals surface area contributed by atoms with Crippen LogP contribution in [0.4, 0.5) is 15.3 Å². The first kappa shape index (κ1) is 25.0. The number of ether oxygens (including phenoxy) is 2. The van der Waals surface area contributed by atoms with E-state index in [2.05, 4.69) is 5.10 Å². The summed E-state index contributed by atoms with van der Waals surface area (Å²) in [6.07, 6.45) is 1.09. The molecule has 0 aliphatic carbocycles. The second kappa shape index (κ2) is 10.4. The highest BCUT2D eigenvalue weighted by molar-refractivity contribution is 7.91. The molecule has 0 radical (unpaired) electrons. The maximum atomic E-state index is 12.9. The van der Waals surface area contributed by atoms with Crippen molar-refractivity contribution < 1.29 is 27.5 Å². The summed E-state index contributed by atoms with van der Waals surface area (Å²) in [6, 6.07) is 9.18. The summed E-state index contributed by atoms with van der Waals surface area (Å²) in [6.45, 7) is 4.80. The number of hydrogen-bond donors (Lipinski definition) is 1. The van der Waals surface area contributed by atoms with E-state index in [-0.39, 0.29) is 25.4 Å².